The molecule has 2 aromatic carbocycles. The molecule has 1 saturated carbocycles. The molecule has 8 nitrogen and oxygen atoms in total. The Morgan fingerprint density at radius 1 is 1.08 bits per heavy atom. The number of amides is 2. The van der Waals surface area contributed by atoms with Gasteiger partial charge in [0.1, 0.15) is 5.75 Å². The van der Waals surface area contributed by atoms with E-state index in [-0.39, 0.29) is 30.2 Å². The SMILES string of the molecule is O=C(Nc1ccc(-c2cc(C3CCC3)n(C(=O)NCc3ccccc3Cl)n2)c(O)c1)c1cccnc1. The van der Waals surface area contributed by atoms with Crippen molar-refractivity contribution in [3.8, 4) is 17.0 Å². The van der Waals surface area contributed by atoms with Gasteiger partial charge in [-0.3, -0.25) is 9.78 Å². The number of benzene rings is 2. The number of hydrogen-bond donors (Lipinski definition) is 3. The lowest BCUT2D eigenvalue weighted by Crippen LogP contribution is -2.31. The molecule has 0 aliphatic heterocycles. The summed E-state index contributed by atoms with van der Waals surface area (Å²) in [5.41, 5.74) is 3.40. The predicted octanol–water partition coefficient (Wildman–Crippen LogP) is 5.58. The number of nitrogens with one attached hydrogen (secondary N) is 2. The summed E-state index contributed by atoms with van der Waals surface area (Å²) in [7, 11) is 0. The smallest absolute Gasteiger partial charge is 0.342 e. The van der Waals surface area contributed by atoms with Gasteiger partial charge >= 0.3 is 6.03 Å². The maximum atomic E-state index is 13.1. The van der Waals surface area contributed by atoms with Gasteiger partial charge in [-0.2, -0.15) is 9.78 Å². The summed E-state index contributed by atoms with van der Waals surface area (Å²) in [4.78, 5) is 29.4. The van der Waals surface area contributed by atoms with Gasteiger partial charge in [0.2, 0.25) is 0 Å². The first-order chi connectivity index (χ1) is 17.5. The summed E-state index contributed by atoms with van der Waals surface area (Å²) in [5, 5.41) is 21.5. The molecule has 2 heterocycles. The van der Waals surface area contributed by atoms with Crippen LogP contribution in [0.2, 0.25) is 5.02 Å². The van der Waals surface area contributed by atoms with Crippen LogP contribution in [0.3, 0.4) is 0 Å². The summed E-state index contributed by atoms with van der Waals surface area (Å²) < 4.78 is 1.38. The van der Waals surface area contributed by atoms with Crippen molar-refractivity contribution in [2.24, 2.45) is 0 Å². The molecule has 0 bridgehead atoms. The second kappa shape index (κ2) is 10.2. The van der Waals surface area contributed by atoms with Crippen LogP contribution >= 0.6 is 11.6 Å². The highest BCUT2D eigenvalue weighted by Gasteiger charge is 2.27. The number of phenols is 1. The predicted molar refractivity (Wildman–Crippen MR) is 137 cm³/mol. The first-order valence-electron chi connectivity index (χ1n) is 11.7. The zero-order valence-corrected chi connectivity index (χ0v) is 20.1. The van der Waals surface area contributed by atoms with Gasteiger partial charge in [-0.05, 0) is 54.8 Å². The summed E-state index contributed by atoms with van der Waals surface area (Å²) >= 11 is 6.22. The van der Waals surface area contributed by atoms with E-state index >= 15 is 0 Å². The lowest BCUT2D eigenvalue weighted by atomic mass is 9.82. The van der Waals surface area contributed by atoms with E-state index in [2.05, 4.69) is 20.7 Å². The quantitative estimate of drug-likeness (QED) is 0.319. The van der Waals surface area contributed by atoms with Crippen molar-refractivity contribution < 1.29 is 14.7 Å². The van der Waals surface area contributed by atoms with Gasteiger partial charge in [-0.15, -0.1) is 0 Å². The van der Waals surface area contributed by atoms with Gasteiger partial charge < -0.3 is 15.7 Å². The van der Waals surface area contributed by atoms with E-state index in [0.29, 0.717) is 27.5 Å². The Balaban J connectivity index is 1.37. The number of carbonyl (C=O) groups excluding carboxylic acids is 2. The van der Waals surface area contributed by atoms with Crippen LogP contribution in [0.25, 0.3) is 11.3 Å². The Kier molecular flexibility index (Phi) is 6.69. The zero-order valence-electron chi connectivity index (χ0n) is 19.3. The van der Waals surface area contributed by atoms with Gasteiger partial charge in [0.15, 0.2) is 0 Å². The summed E-state index contributed by atoms with van der Waals surface area (Å²) in [6.07, 6.45) is 6.12. The number of nitrogens with zero attached hydrogens (tertiary/aromatic N) is 3. The molecule has 1 fully saturated rings. The Labute approximate surface area is 212 Å². The van der Waals surface area contributed by atoms with Crippen LogP contribution in [0.4, 0.5) is 10.5 Å². The Morgan fingerprint density at radius 3 is 2.61 bits per heavy atom. The Bertz CT molecular complexity index is 1420. The highest BCUT2D eigenvalue weighted by molar-refractivity contribution is 6.31. The fourth-order valence-corrected chi connectivity index (χ4v) is 4.30. The van der Waals surface area contributed by atoms with Crippen LogP contribution in [0, 0.1) is 0 Å². The topological polar surface area (TPSA) is 109 Å². The number of rotatable bonds is 6. The van der Waals surface area contributed by atoms with Crippen molar-refractivity contribution in [3.05, 3.63) is 94.9 Å². The van der Waals surface area contributed by atoms with E-state index in [1.54, 1.807) is 36.5 Å². The zero-order chi connectivity index (χ0) is 25.1. The highest BCUT2D eigenvalue weighted by Crippen LogP contribution is 2.39. The fraction of sp³-hybridized carbons (Fsp3) is 0.185. The minimum absolute atomic E-state index is 0.0553. The molecule has 3 N–H and O–H groups in total. The average molecular weight is 502 g/mol. The standard InChI is InChI=1S/C27H24ClN5O3/c28-22-9-2-1-5-18(22)16-30-27(36)33-24(17-6-3-7-17)14-23(32-33)21-11-10-20(13-25(21)34)31-26(35)19-8-4-12-29-15-19/h1-2,4-5,8-15,17,34H,3,6-7,16H2,(H,30,36)(H,31,35). The monoisotopic (exact) mass is 501 g/mol. The van der Waals surface area contributed by atoms with Crippen LogP contribution in [0.5, 0.6) is 5.75 Å². The molecule has 2 aromatic heterocycles. The summed E-state index contributed by atoms with van der Waals surface area (Å²) in [6, 6.07) is 17.0. The lowest BCUT2D eigenvalue weighted by Gasteiger charge is -2.25. The molecule has 36 heavy (non-hydrogen) atoms. The number of hydrogen-bond acceptors (Lipinski definition) is 5. The molecule has 0 radical (unpaired) electrons. The van der Waals surface area contributed by atoms with Crippen molar-refractivity contribution in [2.45, 2.75) is 31.7 Å². The minimum atomic E-state index is -0.358. The molecule has 182 valence electrons. The number of pyridine rings is 1. The van der Waals surface area contributed by atoms with Crippen molar-refractivity contribution in [3.63, 3.8) is 0 Å². The molecule has 0 saturated heterocycles. The molecular weight excluding hydrogens is 478 g/mol. The van der Waals surface area contributed by atoms with E-state index < -0.39 is 0 Å². The number of aromatic hydroxyl groups is 1. The highest BCUT2D eigenvalue weighted by atomic mass is 35.5. The van der Waals surface area contributed by atoms with Gasteiger partial charge in [0.05, 0.1) is 17.0 Å². The minimum Gasteiger partial charge on any atom is -0.507 e. The van der Waals surface area contributed by atoms with Gasteiger partial charge in [0.25, 0.3) is 5.91 Å². The largest absolute Gasteiger partial charge is 0.507 e. The third kappa shape index (κ3) is 4.94. The number of aromatic nitrogens is 3. The third-order valence-corrected chi connectivity index (χ3v) is 6.66. The van der Waals surface area contributed by atoms with Crippen molar-refractivity contribution in [2.75, 3.05) is 5.32 Å². The average Bonchev–Trinajstić information content (AvgIpc) is 3.27. The summed E-state index contributed by atoms with van der Waals surface area (Å²) in [5.74, 6) is -0.153. The Hall–Kier alpha value is -4.17. The Morgan fingerprint density at radius 2 is 1.92 bits per heavy atom. The fourth-order valence-electron chi connectivity index (χ4n) is 4.10. The van der Waals surface area contributed by atoms with Crippen LogP contribution in [0.15, 0.2) is 73.1 Å². The van der Waals surface area contributed by atoms with Crippen molar-refractivity contribution in [1.82, 2.24) is 20.1 Å². The van der Waals surface area contributed by atoms with E-state index in [1.807, 2.05) is 24.3 Å². The van der Waals surface area contributed by atoms with E-state index in [9.17, 15) is 14.7 Å². The van der Waals surface area contributed by atoms with Crippen LogP contribution in [-0.4, -0.2) is 31.8 Å². The number of halogens is 1. The molecule has 0 atom stereocenters. The maximum absolute atomic E-state index is 13.1. The molecule has 1 aliphatic carbocycles. The molecular formula is C27H24ClN5O3. The second-order valence-electron chi connectivity index (χ2n) is 8.67. The number of carbonyl (C=O) groups is 2. The van der Waals surface area contributed by atoms with Gasteiger partial charge in [0, 0.05) is 47.2 Å². The van der Waals surface area contributed by atoms with Crippen molar-refractivity contribution >= 4 is 29.2 Å². The van der Waals surface area contributed by atoms with Crippen LogP contribution < -0.4 is 10.6 Å². The number of anilines is 1. The van der Waals surface area contributed by atoms with Crippen LogP contribution in [-0.2, 0) is 6.54 Å². The summed E-state index contributed by atoms with van der Waals surface area (Å²) in [6.45, 7) is 0.272. The maximum Gasteiger partial charge on any atom is 0.342 e. The third-order valence-electron chi connectivity index (χ3n) is 6.30. The van der Waals surface area contributed by atoms with Crippen LogP contribution in [0.1, 0.15) is 46.8 Å². The molecule has 0 spiro atoms. The molecule has 5 rings (SSSR count). The number of phenolic OH excluding ortho intramolecular Hbond substituents is 1. The molecule has 0 unspecified atom stereocenters. The molecule has 9 heteroatoms. The molecule has 4 aromatic rings. The van der Waals surface area contributed by atoms with E-state index in [1.165, 1.54) is 16.9 Å². The van der Waals surface area contributed by atoms with Gasteiger partial charge in [-0.1, -0.05) is 36.2 Å². The van der Waals surface area contributed by atoms with E-state index in [4.69, 9.17) is 11.6 Å². The second-order valence-corrected chi connectivity index (χ2v) is 9.08. The molecule has 2 amide bonds. The van der Waals surface area contributed by atoms with Gasteiger partial charge in [-0.25, -0.2) is 4.79 Å². The normalized spacial score (nSPS) is 13.1. The lowest BCUT2D eigenvalue weighted by molar-refractivity contribution is 0.102. The first kappa shape index (κ1) is 23.6. The molecule has 1 aliphatic rings. The first-order valence-corrected chi connectivity index (χ1v) is 12.0. The van der Waals surface area contributed by atoms with E-state index in [0.717, 1.165) is 30.5 Å². The van der Waals surface area contributed by atoms with Crippen molar-refractivity contribution in [1.29, 1.82) is 0 Å².